The maximum absolute atomic E-state index is 12.0. The first-order valence-electron chi connectivity index (χ1n) is 7.34. The Hall–Kier alpha value is -2.10. The number of thiazole rings is 1. The molecule has 0 aromatic carbocycles. The summed E-state index contributed by atoms with van der Waals surface area (Å²) in [6.07, 6.45) is 5.80. The number of carbonyl (C=O) groups excluding carboxylic acids is 1. The highest BCUT2D eigenvalue weighted by molar-refractivity contribution is 8.00. The van der Waals surface area contributed by atoms with E-state index in [1.807, 2.05) is 6.92 Å². The molecular formula is C15H14ClN5O2S2. The highest BCUT2D eigenvalue weighted by Crippen LogP contribution is 2.30. The zero-order valence-electron chi connectivity index (χ0n) is 13.2. The van der Waals surface area contributed by atoms with Gasteiger partial charge < -0.3 is 4.42 Å². The second-order valence-electron chi connectivity index (χ2n) is 4.76. The van der Waals surface area contributed by atoms with Gasteiger partial charge in [-0.25, -0.2) is 19.7 Å². The van der Waals surface area contributed by atoms with Crippen molar-refractivity contribution in [3.8, 4) is 0 Å². The molecule has 0 radical (unpaired) electrons. The van der Waals surface area contributed by atoms with Gasteiger partial charge in [-0.2, -0.15) is 0 Å². The lowest BCUT2D eigenvalue weighted by atomic mass is 10.4. The predicted molar refractivity (Wildman–Crippen MR) is 99.4 cm³/mol. The van der Waals surface area contributed by atoms with Crippen LogP contribution in [0.1, 0.15) is 18.6 Å². The molecule has 0 spiro atoms. The molecule has 7 nitrogen and oxygen atoms in total. The van der Waals surface area contributed by atoms with Gasteiger partial charge in [-0.1, -0.05) is 29.9 Å². The zero-order valence-corrected chi connectivity index (χ0v) is 15.5. The van der Waals surface area contributed by atoms with Crippen molar-refractivity contribution in [1.82, 2.24) is 15.0 Å². The maximum Gasteiger partial charge on any atom is 0.326 e. The standard InChI is InChI=1S/C15H14ClN5O2S2/c1-2-9-6-18-11(23-9)8-24-12-7-19-15(25-12)21-14(22)20-13-10(16)4-3-5-17-13/h3-7H,2,8H2,1H3,(H2,17,19,20,21,22). The van der Waals surface area contributed by atoms with Crippen LogP contribution >= 0.6 is 34.7 Å². The number of rotatable bonds is 6. The van der Waals surface area contributed by atoms with Gasteiger partial charge in [0.25, 0.3) is 0 Å². The van der Waals surface area contributed by atoms with E-state index < -0.39 is 6.03 Å². The zero-order chi connectivity index (χ0) is 17.6. The number of carbonyl (C=O) groups is 1. The van der Waals surface area contributed by atoms with Crippen molar-refractivity contribution < 1.29 is 9.21 Å². The van der Waals surface area contributed by atoms with Crippen molar-refractivity contribution in [1.29, 1.82) is 0 Å². The number of hydrogen-bond donors (Lipinski definition) is 2. The predicted octanol–water partition coefficient (Wildman–Crippen LogP) is 4.68. The number of nitrogens with one attached hydrogen (secondary N) is 2. The first kappa shape index (κ1) is 17.7. The van der Waals surface area contributed by atoms with Crippen molar-refractivity contribution in [2.24, 2.45) is 0 Å². The van der Waals surface area contributed by atoms with Crippen molar-refractivity contribution in [3.63, 3.8) is 0 Å². The molecule has 0 saturated carbocycles. The maximum atomic E-state index is 12.0. The van der Waals surface area contributed by atoms with Crippen LogP contribution in [-0.2, 0) is 12.2 Å². The van der Waals surface area contributed by atoms with Crippen LogP contribution < -0.4 is 10.6 Å². The lowest BCUT2D eigenvalue weighted by molar-refractivity contribution is 0.262. The number of amides is 2. The van der Waals surface area contributed by atoms with Crippen LogP contribution in [0.15, 0.2) is 39.3 Å². The Kier molecular flexibility index (Phi) is 5.90. The van der Waals surface area contributed by atoms with Crippen LogP contribution in [0.2, 0.25) is 5.02 Å². The van der Waals surface area contributed by atoms with Crippen molar-refractivity contribution in [2.75, 3.05) is 10.6 Å². The molecule has 2 amide bonds. The Balaban J connectivity index is 1.52. The summed E-state index contributed by atoms with van der Waals surface area (Å²) < 4.78 is 6.50. The summed E-state index contributed by atoms with van der Waals surface area (Å²) in [4.78, 5) is 24.4. The minimum Gasteiger partial charge on any atom is -0.445 e. The van der Waals surface area contributed by atoms with E-state index in [1.165, 1.54) is 11.3 Å². The van der Waals surface area contributed by atoms with E-state index in [9.17, 15) is 4.79 Å². The second kappa shape index (κ2) is 8.32. The van der Waals surface area contributed by atoms with Gasteiger partial charge in [-0.3, -0.25) is 10.6 Å². The largest absolute Gasteiger partial charge is 0.445 e. The Labute approximate surface area is 157 Å². The van der Waals surface area contributed by atoms with E-state index in [-0.39, 0.29) is 0 Å². The van der Waals surface area contributed by atoms with Gasteiger partial charge in [0.05, 0.1) is 27.4 Å². The van der Waals surface area contributed by atoms with Crippen LogP contribution in [0.25, 0.3) is 0 Å². The SMILES string of the molecule is CCc1cnc(CSc2cnc(NC(=O)Nc3ncccc3Cl)s2)o1. The number of nitrogens with zero attached hydrogens (tertiary/aromatic N) is 3. The Morgan fingerprint density at radius 1 is 1.32 bits per heavy atom. The third-order valence-electron chi connectivity index (χ3n) is 2.98. The number of thioether (sulfide) groups is 1. The molecule has 10 heteroatoms. The number of oxazole rings is 1. The molecule has 0 atom stereocenters. The summed E-state index contributed by atoms with van der Waals surface area (Å²) in [7, 11) is 0. The molecule has 130 valence electrons. The van der Waals surface area contributed by atoms with E-state index in [1.54, 1.807) is 42.5 Å². The average molecular weight is 396 g/mol. The van der Waals surface area contributed by atoms with Crippen LogP contribution in [0, 0.1) is 0 Å². The number of aryl methyl sites for hydroxylation is 1. The number of anilines is 2. The van der Waals surface area contributed by atoms with Gasteiger partial charge in [0, 0.05) is 12.6 Å². The van der Waals surface area contributed by atoms with Gasteiger partial charge >= 0.3 is 6.03 Å². The molecule has 0 unspecified atom stereocenters. The normalized spacial score (nSPS) is 10.6. The summed E-state index contributed by atoms with van der Waals surface area (Å²) in [5, 5.41) is 6.08. The molecule has 3 aromatic rings. The summed E-state index contributed by atoms with van der Waals surface area (Å²) in [6.45, 7) is 2.02. The Morgan fingerprint density at radius 2 is 2.20 bits per heavy atom. The van der Waals surface area contributed by atoms with Gasteiger partial charge in [-0.05, 0) is 12.1 Å². The Morgan fingerprint density at radius 3 is 2.96 bits per heavy atom. The van der Waals surface area contributed by atoms with Crippen molar-refractivity contribution >= 4 is 51.7 Å². The molecule has 3 heterocycles. The lowest BCUT2D eigenvalue weighted by Crippen LogP contribution is -2.20. The van der Waals surface area contributed by atoms with E-state index in [4.69, 9.17) is 16.0 Å². The molecule has 0 saturated heterocycles. The molecular weight excluding hydrogens is 382 g/mol. The number of hydrogen-bond acceptors (Lipinski definition) is 7. The molecule has 0 aliphatic heterocycles. The monoisotopic (exact) mass is 395 g/mol. The summed E-state index contributed by atoms with van der Waals surface area (Å²) in [5.74, 6) is 2.44. The van der Waals surface area contributed by atoms with E-state index in [2.05, 4.69) is 25.6 Å². The molecule has 0 aliphatic carbocycles. The third-order valence-corrected chi connectivity index (χ3v) is 5.38. The fraction of sp³-hybridized carbons (Fsp3) is 0.200. The van der Waals surface area contributed by atoms with Crippen LogP contribution in [0.3, 0.4) is 0 Å². The first-order valence-corrected chi connectivity index (χ1v) is 9.52. The van der Waals surface area contributed by atoms with Crippen LogP contribution in [-0.4, -0.2) is 21.0 Å². The fourth-order valence-corrected chi connectivity index (χ4v) is 3.70. The summed E-state index contributed by atoms with van der Waals surface area (Å²) >= 11 is 8.86. The van der Waals surface area contributed by atoms with Crippen LogP contribution in [0.5, 0.6) is 0 Å². The van der Waals surface area contributed by atoms with Crippen molar-refractivity contribution in [2.45, 2.75) is 23.3 Å². The first-order chi connectivity index (χ1) is 12.1. The minimum atomic E-state index is -0.452. The minimum absolute atomic E-state index is 0.295. The van der Waals surface area contributed by atoms with E-state index >= 15 is 0 Å². The summed E-state index contributed by atoms with van der Waals surface area (Å²) in [5.41, 5.74) is 0. The van der Waals surface area contributed by atoms with E-state index in [0.717, 1.165) is 16.4 Å². The molecule has 2 N–H and O–H groups in total. The highest BCUT2D eigenvalue weighted by atomic mass is 35.5. The smallest absolute Gasteiger partial charge is 0.326 e. The van der Waals surface area contributed by atoms with Gasteiger partial charge in [0.15, 0.2) is 10.9 Å². The molecule has 3 aromatic heterocycles. The molecule has 0 bridgehead atoms. The third kappa shape index (κ3) is 4.94. The van der Waals surface area contributed by atoms with Crippen LogP contribution in [0.4, 0.5) is 15.7 Å². The van der Waals surface area contributed by atoms with Gasteiger partial charge in [-0.15, -0.1) is 11.8 Å². The number of urea groups is 1. The highest BCUT2D eigenvalue weighted by Gasteiger charge is 2.10. The van der Waals surface area contributed by atoms with Gasteiger partial charge in [0.2, 0.25) is 5.89 Å². The molecule has 25 heavy (non-hydrogen) atoms. The quantitative estimate of drug-likeness (QED) is 0.588. The average Bonchev–Trinajstić information content (AvgIpc) is 3.24. The number of aromatic nitrogens is 3. The van der Waals surface area contributed by atoms with Gasteiger partial charge in [0.1, 0.15) is 5.76 Å². The fourth-order valence-electron chi connectivity index (χ4n) is 1.81. The number of pyridine rings is 1. The number of halogens is 1. The second-order valence-corrected chi connectivity index (χ2v) is 7.47. The van der Waals surface area contributed by atoms with E-state index in [0.29, 0.717) is 27.6 Å². The molecule has 0 fully saturated rings. The lowest BCUT2D eigenvalue weighted by Gasteiger charge is -2.05. The molecule has 3 rings (SSSR count). The summed E-state index contributed by atoms with van der Waals surface area (Å²) in [6, 6.07) is 2.88. The van der Waals surface area contributed by atoms with Crippen molar-refractivity contribution in [3.05, 3.63) is 47.4 Å². The topological polar surface area (TPSA) is 92.9 Å². The molecule has 0 aliphatic rings. The Bertz CT molecular complexity index is 867.